The number of methoxy groups -OCH3 is 1. The van der Waals surface area contributed by atoms with Gasteiger partial charge in [-0.15, -0.1) is 0 Å². The third-order valence-electron chi connectivity index (χ3n) is 2.98. The van der Waals surface area contributed by atoms with Crippen molar-refractivity contribution in [3.05, 3.63) is 0 Å². The summed E-state index contributed by atoms with van der Waals surface area (Å²) in [6, 6.07) is -1.05. The van der Waals surface area contributed by atoms with E-state index in [1.165, 1.54) is 6.92 Å². The summed E-state index contributed by atoms with van der Waals surface area (Å²) in [7, 11) is 1.16. The molecule has 0 saturated heterocycles. The normalized spacial score (nSPS) is 12.4. The zero-order valence-electron chi connectivity index (χ0n) is 12.5. The molecule has 0 aromatic heterocycles. The van der Waals surface area contributed by atoms with E-state index in [1.54, 1.807) is 6.92 Å². The lowest BCUT2D eigenvalue weighted by Crippen LogP contribution is -2.50. The minimum Gasteiger partial charge on any atom is -0.467 e. The SMILES string of the molecule is CCOC(=O)CCC(NC(=O)C(C)(CO)CO)C(=O)OC. The lowest BCUT2D eigenvalue weighted by molar-refractivity contribution is -0.149. The molecule has 1 unspecified atom stereocenters. The van der Waals surface area contributed by atoms with Crippen molar-refractivity contribution < 1.29 is 34.1 Å². The molecule has 122 valence electrons. The Hall–Kier alpha value is -1.67. The Labute approximate surface area is 123 Å². The molecule has 0 heterocycles. The highest BCUT2D eigenvalue weighted by Gasteiger charge is 2.35. The fourth-order valence-electron chi connectivity index (χ4n) is 1.41. The summed E-state index contributed by atoms with van der Waals surface area (Å²) in [5, 5.41) is 20.6. The fraction of sp³-hybridized carbons (Fsp3) is 0.769. The third-order valence-corrected chi connectivity index (χ3v) is 2.98. The van der Waals surface area contributed by atoms with Gasteiger partial charge in [0.25, 0.3) is 0 Å². The zero-order valence-corrected chi connectivity index (χ0v) is 12.5. The summed E-state index contributed by atoms with van der Waals surface area (Å²) >= 11 is 0. The van der Waals surface area contributed by atoms with Crippen molar-refractivity contribution in [3.63, 3.8) is 0 Å². The first-order valence-corrected chi connectivity index (χ1v) is 6.60. The second kappa shape index (κ2) is 9.30. The Morgan fingerprint density at radius 1 is 1.24 bits per heavy atom. The molecule has 0 aromatic carbocycles. The quantitative estimate of drug-likeness (QED) is 0.466. The van der Waals surface area contributed by atoms with E-state index in [2.05, 4.69) is 10.1 Å². The first-order chi connectivity index (χ1) is 9.84. The molecule has 3 N–H and O–H groups in total. The Morgan fingerprint density at radius 2 is 1.81 bits per heavy atom. The number of ether oxygens (including phenoxy) is 2. The minimum atomic E-state index is -1.42. The number of amides is 1. The summed E-state index contributed by atoms with van der Waals surface area (Å²) in [5.74, 6) is -1.91. The lowest BCUT2D eigenvalue weighted by atomic mass is 9.91. The van der Waals surface area contributed by atoms with Crippen molar-refractivity contribution >= 4 is 17.8 Å². The molecule has 1 atom stereocenters. The summed E-state index contributed by atoms with van der Waals surface area (Å²) in [4.78, 5) is 34.9. The van der Waals surface area contributed by atoms with Crippen molar-refractivity contribution in [1.29, 1.82) is 0 Å². The molecule has 0 saturated carbocycles. The monoisotopic (exact) mass is 305 g/mol. The first kappa shape index (κ1) is 19.3. The van der Waals surface area contributed by atoms with Crippen molar-refractivity contribution in [2.75, 3.05) is 26.9 Å². The number of rotatable bonds is 9. The number of aliphatic hydroxyl groups is 2. The second-order valence-corrected chi connectivity index (χ2v) is 4.77. The van der Waals surface area contributed by atoms with E-state index >= 15 is 0 Å². The van der Waals surface area contributed by atoms with Crippen molar-refractivity contribution in [3.8, 4) is 0 Å². The molecule has 0 bridgehead atoms. The Kier molecular flexibility index (Phi) is 8.56. The van der Waals surface area contributed by atoms with Gasteiger partial charge < -0.3 is 25.0 Å². The Morgan fingerprint density at radius 3 is 2.24 bits per heavy atom. The first-order valence-electron chi connectivity index (χ1n) is 6.60. The van der Waals surface area contributed by atoms with Crippen LogP contribution < -0.4 is 5.32 Å². The van der Waals surface area contributed by atoms with E-state index in [-0.39, 0.29) is 19.4 Å². The molecule has 0 aliphatic heterocycles. The van der Waals surface area contributed by atoms with Gasteiger partial charge in [-0.05, 0) is 20.3 Å². The van der Waals surface area contributed by atoms with E-state index < -0.39 is 42.5 Å². The van der Waals surface area contributed by atoms with Gasteiger partial charge in [0, 0.05) is 6.42 Å². The maximum absolute atomic E-state index is 12.0. The molecule has 8 nitrogen and oxygen atoms in total. The van der Waals surface area contributed by atoms with Crippen LogP contribution in [0.5, 0.6) is 0 Å². The van der Waals surface area contributed by atoms with Crippen LogP contribution in [0.2, 0.25) is 0 Å². The highest BCUT2D eigenvalue weighted by molar-refractivity contribution is 5.88. The van der Waals surface area contributed by atoms with Gasteiger partial charge in [-0.1, -0.05) is 0 Å². The molecular weight excluding hydrogens is 282 g/mol. The van der Waals surface area contributed by atoms with Gasteiger partial charge in [0.2, 0.25) is 5.91 Å². The molecule has 0 radical (unpaired) electrons. The topological polar surface area (TPSA) is 122 Å². The number of nitrogens with one attached hydrogen (secondary N) is 1. The molecule has 8 heteroatoms. The van der Waals surface area contributed by atoms with Crippen molar-refractivity contribution in [2.45, 2.75) is 32.7 Å². The number of carbonyl (C=O) groups excluding carboxylic acids is 3. The van der Waals surface area contributed by atoms with Gasteiger partial charge in [0.05, 0.1) is 32.3 Å². The standard InChI is InChI=1S/C13H23NO7/c1-4-21-10(17)6-5-9(11(18)20-3)14-12(19)13(2,7-15)8-16/h9,15-16H,4-8H2,1-3H3,(H,14,19). The third kappa shape index (κ3) is 6.09. The average Bonchev–Trinajstić information content (AvgIpc) is 2.49. The molecule has 0 rings (SSSR count). The highest BCUT2D eigenvalue weighted by atomic mass is 16.5. The van der Waals surface area contributed by atoms with E-state index in [1.807, 2.05) is 0 Å². The molecule has 1 amide bonds. The molecular formula is C13H23NO7. The number of hydrogen-bond donors (Lipinski definition) is 3. The van der Waals surface area contributed by atoms with E-state index in [9.17, 15) is 14.4 Å². The van der Waals surface area contributed by atoms with Crippen molar-refractivity contribution in [2.24, 2.45) is 5.41 Å². The zero-order chi connectivity index (χ0) is 16.5. The van der Waals surface area contributed by atoms with Crippen LogP contribution in [0.4, 0.5) is 0 Å². The Bertz CT molecular complexity index is 366. The van der Waals surface area contributed by atoms with Gasteiger partial charge >= 0.3 is 11.9 Å². The average molecular weight is 305 g/mol. The van der Waals surface area contributed by atoms with E-state index in [4.69, 9.17) is 14.9 Å². The van der Waals surface area contributed by atoms with Crippen LogP contribution in [-0.4, -0.2) is 61.0 Å². The van der Waals surface area contributed by atoms with Crippen LogP contribution in [0.1, 0.15) is 26.7 Å². The van der Waals surface area contributed by atoms with Gasteiger partial charge in [0.15, 0.2) is 0 Å². The molecule has 0 aromatic rings. The highest BCUT2D eigenvalue weighted by Crippen LogP contribution is 2.15. The van der Waals surface area contributed by atoms with Gasteiger partial charge in [-0.3, -0.25) is 9.59 Å². The number of hydrogen-bond acceptors (Lipinski definition) is 7. The van der Waals surface area contributed by atoms with E-state index in [0.29, 0.717) is 0 Å². The van der Waals surface area contributed by atoms with Crippen LogP contribution in [0, 0.1) is 5.41 Å². The number of esters is 2. The fourth-order valence-corrected chi connectivity index (χ4v) is 1.41. The lowest BCUT2D eigenvalue weighted by Gasteiger charge is -2.26. The molecule has 0 spiro atoms. The summed E-state index contributed by atoms with van der Waals surface area (Å²) < 4.78 is 9.29. The smallest absolute Gasteiger partial charge is 0.328 e. The maximum atomic E-state index is 12.0. The number of aliphatic hydroxyl groups excluding tert-OH is 2. The molecule has 0 fully saturated rings. The van der Waals surface area contributed by atoms with Crippen LogP contribution in [-0.2, 0) is 23.9 Å². The van der Waals surface area contributed by atoms with Crippen LogP contribution in [0.3, 0.4) is 0 Å². The molecule has 0 aliphatic rings. The van der Waals surface area contributed by atoms with Crippen molar-refractivity contribution in [1.82, 2.24) is 5.32 Å². The van der Waals surface area contributed by atoms with Crippen LogP contribution >= 0.6 is 0 Å². The number of carbonyl (C=O) groups is 3. The summed E-state index contributed by atoms with van der Waals surface area (Å²) in [6.07, 6.45) is -0.0625. The largest absolute Gasteiger partial charge is 0.467 e. The summed E-state index contributed by atoms with van der Waals surface area (Å²) in [5.41, 5.74) is -1.42. The molecule has 21 heavy (non-hydrogen) atoms. The minimum absolute atomic E-state index is 0.00415. The Balaban J connectivity index is 4.74. The van der Waals surface area contributed by atoms with Crippen LogP contribution in [0.25, 0.3) is 0 Å². The van der Waals surface area contributed by atoms with Gasteiger partial charge in [-0.25, -0.2) is 4.79 Å². The maximum Gasteiger partial charge on any atom is 0.328 e. The van der Waals surface area contributed by atoms with Gasteiger partial charge in [0.1, 0.15) is 6.04 Å². The predicted octanol–water partition coefficient (Wildman–Crippen LogP) is -1.02. The summed E-state index contributed by atoms with van der Waals surface area (Å²) in [6.45, 7) is 2.07. The van der Waals surface area contributed by atoms with Gasteiger partial charge in [-0.2, -0.15) is 0 Å². The van der Waals surface area contributed by atoms with E-state index in [0.717, 1.165) is 7.11 Å². The predicted molar refractivity (Wildman–Crippen MR) is 72.1 cm³/mol. The second-order valence-electron chi connectivity index (χ2n) is 4.77. The van der Waals surface area contributed by atoms with Crippen LogP contribution in [0.15, 0.2) is 0 Å². The molecule has 0 aliphatic carbocycles.